The first-order valence-corrected chi connectivity index (χ1v) is 9.62. The molecule has 0 aromatic carbocycles. The molecule has 2 aromatic rings. The molecule has 0 saturated carbocycles. The van der Waals surface area contributed by atoms with E-state index >= 15 is 0 Å². The van der Waals surface area contributed by atoms with Crippen molar-refractivity contribution in [2.24, 2.45) is 0 Å². The first kappa shape index (κ1) is 17.6. The van der Waals surface area contributed by atoms with Crippen molar-refractivity contribution in [2.75, 3.05) is 11.4 Å². The van der Waals surface area contributed by atoms with Crippen molar-refractivity contribution in [3.8, 4) is 0 Å². The molecule has 1 aliphatic heterocycles. The Morgan fingerprint density at radius 1 is 1.40 bits per heavy atom. The largest absolute Gasteiger partial charge is 0.360 e. The van der Waals surface area contributed by atoms with E-state index in [-0.39, 0.29) is 22.3 Å². The average Bonchev–Trinajstić information content (AvgIpc) is 3.15. The molecule has 9 nitrogen and oxygen atoms in total. The Morgan fingerprint density at radius 3 is 2.80 bits per heavy atom. The highest BCUT2D eigenvalue weighted by Crippen LogP contribution is 2.24. The smallest absolute Gasteiger partial charge is 0.246 e. The van der Waals surface area contributed by atoms with Crippen LogP contribution in [0.4, 0.5) is 5.82 Å². The summed E-state index contributed by atoms with van der Waals surface area (Å²) in [6, 6.07) is 0.930. The Balaban J connectivity index is 1.85. The highest BCUT2D eigenvalue weighted by Gasteiger charge is 2.36. The standard InChI is InChI=1S/C15H21N5O4S/c1-4-20-13(7-8-16-20)19-9-5-6-12(15(19)21)18-25(22,23)14-10(2)17-24-11(14)3/h7-8,12,18H,4-6,9H2,1-3H3/t12-/m0/s1. The van der Waals surface area contributed by atoms with Crippen LogP contribution in [-0.4, -0.2) is 41.8 Å². The fourth-order valence-electron chi connectivity index (χ4n) is 3.12. The second kappa shape index (κ2) is 6.60. The van der Waals surface area contributed by atoms with Crippen molar-refractivity contribution in [3.63, 3.8) is 0 Å². The number of carbonyl (C=O) groups excluding carboxylic acids is 1. The summed E-state index contributed by atoms with van der Waals surface area (Å²) in [5, 5.41) is 7.84. The van der Waals surface area contributed by atoms with Gasteiger partial charge < -0.3 is 4.52 Å². The number of aromatic nitrogens is 3. The lowest BCUT2D eigenvalue weighted by molar-refractivity contribution is -0.121. The van der Waals surface area contributed by atoms with Crippen LogP contribution in [-0.2, 0) is 21.4 Å². The molecule has 136 valence electrons. The highest BCUT2D eigenvalue weighted by atomic mass is 32.2. The number of aryl methyl sites for hydroxylation is 3. The van der Waals surface area contributed by atoms with Gasteiger partial charge in [-0.2, -0.15) is 9.82 Å². The van der Waals surface area contributed by atoms with Gasteiger partial charge in [-0.1, -0.05) is 5.16 Å². The number of rotatable bonds is 5. The Bertz CT molecular complexity index is 866. The van der Waals surface area contributed by atoms with Crippen molar-refractivity contribution in [1.29, 1.82) is 0 Å². The van der Waals surface area contributed by atoms with Crippen LogP contribution < -0.4 is 9.62 Å². The summed E-state index contributed by atoms with van der Waals surface area (Å²) in [5.74, 6) is 0.597. The van der Waals surface area contributed by atoms with E-state index < -0.39 is 16.1 Å². The van der Waals surface area contributed by atoms with E-state index in [1.807, 2.05) is 6.92 Å². The minimum atomic E-state index is -3.89. The Kier molecular flexibility index (Phi) is 4.65. The zero-order valence-corrected chi connectivity index (χ0v) is 15.2. The number of nitrogens with zero attached hydrogens (tertiary/aromatic N) is 4. The van der Waals surface area contributed by atoms with Gasteiger partial charge in [-0.3, -0.25) is 9.69 Å². The third kappa shape index (κ3) is 3.19. The maximum atomic E-state index is 12.8. The lowest BCUT2D eigenvalue weighted by Crippen LogP contribution is -2.53. The Hall–Kier alpha value is -2.20. The van der Waals surface area contributed by atoms with E-state index in [0.29, 0.717) is 31.7 Å². The minimum absolute atomic E-state index is 0.00368. The van der Waals surface area contributed by atoms with Crippen LogP contribution in [0.5, 0.6) is 0 Å². The van der Waals surface area contributed by atoms with E-state index in [2.05, 4.69) is 15.0 Å². The van der Waals surface area contributed by atoms with Gasteiger partial charge in [0.15, 0.2) is 5.76 Å². The van der Waals surface area contributed by atoms with Gasteiger partial charge in [-0.15, -0.1) is 0 Å². The minimum Gasteiger partial charge on any atom is -0.360 e. The molecule has 0 unspecified atom stereocenters. The molecule has 3 rings (SSSR count). The molecule has 1 saturated heterocycles. The van der Waals surface area contributed by atoms with Crippen molar-refractivity contribution < 1.29 is 17.7 Å². The molecule has 1 amide bonds. The fourth-order valence-corrected chi connectivity index (χ4v) is 4.67. The molecular formula is C15H21N5O4S. The van der Waals surface area contributed by atoms with Crippen LogP contribution in [0, 0.1) is 13.8 Å². The molecule has 2 aromatic heterocycles. The van der Waals surface area contributed by atoms with Gasteiger partial charge in [0.2, 0.25) is 15.9 Å². The van der Waals surface area contributed by atoms with Crippen LogP contribution in [0.3, 0.4) is 0 Å². The molecule has 0 bridgehead atoms. The number of sulfonamides is 1. The first-order valence-electron chi connectivity index (χ1n) is 8.13. The second-order valence-electron chi connectivity index (χ2n) is 5.96. The van der Waals surface area contributed by atoms with Crippen LogP contribution in [0.25, 0.3) is 0 Å². The number of hydrogen-bond donors (Lipinski definition) is 1. The predicted molar refractivity (Wildman–Crippen MR) is 89.6 cm³/mol. The molecular weight excluding hydrogens is 346 g/mol. The van der Waals surface area contributed by atoms with E-state index in [1.54, 1.807) is 28.8 Å². The molecule has 3 heterocycles. The van der Waals surface area contributed by atoms with Crippen molar-refractivity contribution in [1.82, 2.24) is 19.7 Å². The number of amides is 1. The highest BCUT2D eigenvalue weighted by molar-refractivity contribution is 7.89. The van der Waals surface area contributed by atoms with E-state index in [1.165, 1.54) is 6.92 Å². The van der Waals surface area contributed by atoms with Crippen LogP contribution in [0.2, 0.25) is 0 Å². The zero-order valence-electron chi connectivity index (χ0n) is 14.4. The third-order valence-electron chi connectivity index (χ3n) is 4.24. The Labute approximate surface area is 146 Å². The Morgan fingerprint density at radius 2 is 2.16 bits per heavy atom. The summed E-state index contributed by atoms with van der Waals surface area (Å²) < 4.78 is 34.5. The summed E-state index contributed by atoms with van der Waals surface area (Å²) in [7, 11) is -3.89. The van der Waals surface area contributed by atoms with Crippen LogP contribution in [0.1, 0.15) is 31.2 Å². The van der Waals surface area contributed by atoms with Gasteiger partial charge in [0.25, 0.3) is 0 Å². The monoisotopic (exact) mass is 367 g/mol. The molecule has 1 aliphatic rings. The quantitative estimate of drug-likeness (QED) is 0.843. The number of anilines is 1. The zero-order chi connectivity index (χ0) is 18.2. The van der Waals surface area contributed by atoms with E-state index in [9.17, 15) is 13.2 Å². The topological polar surface area (TPSA) is 110 Å². The maximum Gasteiger partial charge on any atom is 0.246 e. The molecule has 0 radical (unpaired) electrons. The van der Waals surface area contributed by atoms with Gasteiger partial charge in [0.05, 0.1) is 6.20 Å². The van der Waals surface area contributed by atoms with Crippen molar-refractivity contribution in [2.45, 2.75) is 51.1 Å². The number of piperidine rings is 1. The van der Waals surface area contributed by atoms with Gasteiger partial charge in [-0.05, 0) is 33.6 Å². The molecule has 25 heavy (non-hydrogen) atoms. The third-order valence-corrected chi connectivity index (χ3v) is 5.96. The normalized spacial score (nSPS) is 18.8. The summed E-state index contributed by atoms with van der Waals surface area (Å²) in [5.41, 5.74) is 0.272. The summed E-state index contributed by atoms with van der Waals surface area (Å²) in [6.45, 7) is 6.18. The van der Waals surface area contributed by atoms with Crippen molar-refractivity contribution >= 4 is 21.7 Å². The summed E-state index contributed by atoms with van der Waals surface area (Å²) >= 11 is 0. The fraction of sp³-hybridized carbons (Fsp3) is 0.533. The van der Waals surface area contributed by atoms with Gasteiger partial charge in [-0.25, -0.2) is 13.1 Å². The molecule has 1 N–H and O–H groups in total. The average molecular weight is 367 g/mol. The molecule has 0 aliphatic carbocycles. The summed E-state index contributed by atoms with van der Waals surface area (Å²) in [6.07, 6.45) is 2.76. The number of nitrogens with one attached hydrogen (secondary N) is 1. The van der Waals surface area contributed by atoms with Crippen LogP contribution in [0.15, 0.2) is 21.7 Å². The van der Waals surface area contributed by atoms with E-state index in [0.717, 1.165) is 0 Å². The predicted octanol–water partition coefficient (Wildman–Crippen LogP) is 0.982. The molecule has 1 fully saturated rings. The van der Waals surface area contributed by atoms with Gasteiger partial charge in [0.1, 0.15) is 22.4 Å². The van der Waals surface area contributed by atoms with Gasteiger partial charge >= 0.3 is 0 Å². The van der Waals surface area contributed by atoms with Crippen LogP contribution >= 0.6 is 0 Å². The summed E-state index contributed by atoms with van der Waals surface area (Å²) in [4.78, 5) is 14.4. The van der Waals surface area contributed by atoms with Gasteiger partial charge in [0, 0.05) is 19.2 Å². The maximum absolute atomic E-state index is 12.8. The lowest BCUT2D eigenvalue weighted by Gasteiger charge is -2.32. The molecule has 0 spiro atoms. The molecule has 10 heteroatoms. The number of carbonyl (C=O) groups is 1. The molecule has 1 atom stereocenters. The number of hydrogen-bond acceptors (Lipinski definition) is 6. The first-order chi connectivity index (χ1) is 11.8. The second-order valence-corrected chi connectivity index (χ2v) is 7.62. The van der Waals surface area contributed by atoms with E-state index in [4.69, 9.17) is 4.52 Å². The van der Waals surface area contributed by atoms with Crippen molar-refractivity contribution in [3.05, 3.63) is 23.7 Å². The lowest BCUT2D eigenvalue weighted by atomic mass is 10.1. The SMILES string of the molecule is CCn1nccc1N1CCC[C@H](NS(=O)(=O)c2c(C)noc2C)C1=O.